The normalized spacial score (nSPS) is 12.3. The van der Waals surface area contributed by atoms with Gasteiger partial charge in [-0.1, -0.05) is 41.4 Å². The second kappa shape index (κ2) is 7.36. The van der Waals surface area contributed by atoms with Crippen molar-refractivity contribution >= 4 is 34.2 Å². The number of aromatic nitrogens is 3. The number of halogens is 2. The Labute approximate surface area is 170 Å². The summed E-state index contributed by atoms with van der Waals surface area (Å²) in [5.74, 6) is 0. The van der Waals surface area contributed by atoms with Crippen LogP contribution in [0, 0.1) is 0 Å². The Hall–Kier alpha value is -2.73. The molecule has 0 fully saturated rings. The van der Waals surface area contributed by atoms with Gasteiger partial charge in [-0.3, -0.25) is 9.36 Å². The van der Waals surface area contributed by atoms with Crippen LogP contribution in [0.5, 0.6) is 0 Å². The summed E-state index contributed by atoms with van der Waals surface area (Å²) < 4.78 is 1.46. The van der Waals surface area contributed by atoms with Crippen molar-refractivity contribution in [1.29, 1.82) is 0 Å². The maximum atomic E-state index is 12.4. The molecule has 3 heterocycles. The van der Waals surface area contributed by atoms with Gasteiger partial charge in [-0.25, -0.2) is 9.97 Å². The van der Waals surface area contributed by atoms with Crippen molar-refractivity contribution in [1.82, 2.24) is 14.5 Å². The predicted molar refractivity (Wildman–Crippen MR) is 111 cm³/mol. The molecule has 0 bridgehead atoms. The lowest BCUT2D eigenvalue weighted by Gasteiger charge is -2.15. The molecule has 140 valence electrons. The second-order valence-corrected chi connectivity index (χ2v) is 7.22. The molecule has 0 aliphatic heterocycles. The summed E-state index contributed by atoms with van der Waals surface area (Å²) in [7, 11) is 1.65. The summed E-state index contributed by atoms with van der Waals surface area (Å²) in [5.41, 5.74) is 2.75. The highest BCUT2D eigenvalue weighted by molar-refractivity contribution is 6.30. The first-order valence-electron chi connectivity index (χ1n) is 8.50. The Morgan fingerprint density at radius 1 is 1.04 bits per heavy atom. The minimum Gasteiger partial charge on any atom is -0.384 e. The van der Waals surface area contributed by atoms with Gasteiger partial charge in [0, 0.05) is 40.8 Å². The minimum atomic E-state index is -0.883. The Bertz CT molecular complexity index is 1240. The fourth-order valence-corrected chi connectivity index (χ4v) is 3.39. The van der Waals surface area contributed by atoms with Gasteiger partial charge < -0.3 is 5.11 Å². The van der Waals surface area contributed by atoms with Crippen molar-refractivity contribution in [3.63, 3.8) is 0 Å². The maximum absolute atomic E-state index is 12.4. The van der Waals surface area contributed by atoms with Crippen molar-refractivity contribution in [2.45, 2.75) is 6.10 Å². The third-order valence-corrected chi connectivity index (χ3v) is 5.05. The molecule has 4 rings (SSSR count). The first-order valence-corrected chi connectivity index (χ1v) is 9.26. The number of fused-ring (bicyclic) bond motifs is 1. The number of pyridine rings is 3. The summed E-state index contributed by atoms with van der Waals surface area (Å²) in [6.07, 6.45) is 0.683. The Morgan fingerprint density at radius 3 is 2.50 bits per heavy atom. The second-order valence-electron chi connectivity index (χ2n) is 6.39. The van der Waals surface area contributed by atoms with Crippen molar-refractivity contribution in [2.75, 3.05) is 0 Å². The zero-order chi connectivity index (χ0) is 19.8. The van der Waals surface area contributed by atoms with Gasteiger partial charge in [-0.15, -0.1) is 0 Å². The van der Waals surface area contributed by atoms with Crippen LogP contribution in [0.4, 0.5) is 0 Å². The number of aliphatic hydroxyl groups is 1. The van der Waals surface area contributed by atoms with E-state index >= 15 is 0 Å². The summed E-state index contributed by atoms with van der Waals surface area (Å²) in [5, 5.41) is 12.4. The number of aliphatic hydroxyl groups excluding tert-OH is 1. The molecule has 1 aromatic carbocycles. The SMILES string of the molecule is Cn1c(=O)cc(-c2cccc(Cl)n2)c2cc(C(O)c3ccc(Cl)cc3)cnc21. The zero-order valence-corrected chi connectivity index (χ0v) is 16.3. The predicted octanol–water partition coefficient (Wildman–Crippen LogP) is 4.38. The van der Waals surface area contributed by atoms with Crippen LogP contribution in [0.1, 0.15) is 17.2 Å². The van der Waals surface area contributed by atoms with Crippen molar-refractivity contribution in [3.8, 4) is 11.3 Å². The third-order valence-electron chi connectivity index (χ3n) is 4.59. The highest BCUT2D eigenvalue weighted by Crippen LogP contribution is 2.30. The molecule has 1 N–H and O–H groups in total. The lowest BCUT2D eigenvalue weighted by atomic mass is 10.00. The molecule has 4 aromatic rings. The van der Waals surface area contributed by atoms with E-state index in [1.807, 2.05) is 6.07 Å². The first-order chi connectivity index (χ1) is 13.4. The average molecular weight is 412 g/mol. The van der Waals surface area contributed by atoms with Crippen LogP contribution >= 0.6 is 23.2 Å². The molecule has 0 saturated carbocycles. The monoisotopic (exact) mass is 411 g/mol. The Morgan fingerprint density at radius 2 is 1.79 bits per heavy atom. The van der Waals surface area contributed by atoms with E-state index in [-0.39, 0.29) is 5.56 Å². The molecule has 0 spiro atoms. The van der Waals surface area contributed by atoms with Crippen molar-refractivity contribution < 1.29 is 5.11 Å². The van der Waals surface area contributed by atoms with E-state index in [4.69, 9.17) is 23.2 Å². The van der Waals surface area contributed by atoms with Gasteiger partial charge in [0.25, 0.3) is 5.56 Å². The molecule has 0 aliphatic carbocycles. The van der Waals surface area contributed by atoms with Crippen LogP contribution < -0.4 is 5.56 Å². The number of nitrogens with zero attached hydrogens (tertiary/aromatic N) is 3. The summed E-state index contributed by atoms with van der Waals surface area (Å²) in [4.78, 5) is 21.1. The van der Waals surface area contributed by atoms with E-state index in [0.29, 0.717) is 43.6 Å². The van der Waals surface area contributed by atoms with E-state index in [1.165, 1.54) is 10.6 Å². The van der Waals surface area contributed by atoms with Crippen LogP contribution in [-0.2, 0) is 7.05 Å². The maximum Gasteiger partial charge on any atom is 0.252 e. The summed E-state index contributed by atoms with van der Waals surface area (Å²) >= 11 is 12.0. The molecule has 1 unspecified atom stereocenters. The molecule has 0 radical (unpaired) electrons. The lowest BCUT2D eigenvalue weighted by Crippen LogP contribution is -2.17. The van der Waals surface area contributed by atoms with E-state index in [0.717, 1.165) is 0 Å². The minimum absolute atomic E-state index is 0.206. The van der Waals surface area contributed by atoms with Crippen LogP contribution in [0.2, 0.25) is 10.2 Å². The fourth-order valence-electron chi connectivity index (χ4n) is 3.10. The van der Waals surface area contributed by atoms with Gasteiger partial charge in [0.15, 0.2) is 0 Å². The molecule has 7 heteroatoms. The van der Waals surface area contributed by atoms with Crippen LogP contribution in [-0.4, -0.2) is 19.6 Å². The van der Waals surface area contributed by atoms with Crippen LogP contribution in [0.3, 0.4) is 0 Å². The van der Waals surface area contributed by atoms with Gasteiger partial charge in [-0.05, 0) is 35.9 Å². The average Bonchev–Trinajstić information content (AvgIpc) is 2.70. The topological polar surface area (TPSA) is 68.0 Å². The zero-order valence-electron chi connectivity index (χ0n) is 14.8. The summed E-state index contributed by atoms with van der Waals surface area (Å²) in [6, 6.07) is 15.5. The molecular weight excluding hydrogens is 397 g/mol. The molecule has 0 saturated heterocycles. The highest BCUT2D eigenvalue weighted by atomic mass is 35.5. The quantitative estimate of drug-likeness (QED) is 0.507. The van der Waals surface area contributed by atoms with Gasteiger partial charge >= 0.3 is 0 Å². The lowest BCUT2D eigenvalue weighted by molar-refractivity contribution is 0.220. The van der Waals surface area contributed by atoms with Crippen molar-refractivity contribution in [3.05, 3.63) is 92.5 Å². The van der Waals surface area contributed by atoms with E-state index in [9.17, 15) is 9.90 Å². The molecule has 1 atom stereocenters. The van der Waals surface area contributed by atoms with Gasteiger partial charge in [0.2, 0.25) is 0 Å². The standard InChI is InChI=1S/C21H15Cl2N3O2/c1-26-19(27)10-15(17-3-2-4-18(23)25-17)16-9-13(11-24-21(16)26)20(28)12-5-7-14(22)8-6-12/h2-11,20,28H,1H3. The van der Waals surface area contributed by atoms with E-state index in [2.05, 4.69) is 9.97 Å². The van der Waals surface area contributed by atoms with Crippen molar-refractivity contribution in [2.24, 2.45) is 7.05 Å². The largest absolute Gasteiger partial charge is 0.384 e. The number of rotatable bonds is 3. The third kappa shape index (κ3) is 3.40. The fraction of sp³-hybridized carbons (Fsp3) is 0.0952. The van der Waals surface area contributed by atoms with Gasteiger partial charge in [-0.2, -0.15) is 0 Å². The summed E-state index contributed by atoms with van der Waals surface area (Å²) in [6.45, 7) is 0. The Kier molecular flexibility index (Phi) is 4.89. The van der Waals surface area contributed by atoms with E-state index in [1.54, 1.807) is 55.7 Å². The molecule has 5 nitrogen and oxygen atoms in total. The first kappa shape index (κ1) is 18.6. The molecule has 28 heavy (non-hydrogen) atoms. The van der Waals surface area contributed by atoms with Gasteiger partial charge in [0.05, 0.1) is 5.69 Å². The number of benzene rings is 1. The highest BCUT2D eigenvalue weighted by Gasteiger charge is 2.16. The van der Waals surface area contributed by atoms with E-state index < -0.39 is 6.10 Å². The molecule has 0 amide bonds. The van der Waals surface area contributed by atoms with Gasteiger partial charge in [0.1, 0.15) is 16.9 Å². The number of hydrogen-bond acceptors (Lipinski definition) is 4. The Balaban J connectivity index is 1.92. The molecular formula is C21H15Cl2N3O2. The smallest absolute Gasteiger partial charge is 0.252 e. The number of hydrogen-bond donors (Lipinski definition) is 1. The van der Waals surface area contributed by atoms with Crippen LogP contribution in [0.15, 0.2) is 65.6 Å². The molecule has 3 aromatic heterocycles. The number of aryl methyl sites for hydroxylation is 1. The van der Waals surface area contributed by atoms with Crippen LogP contribution in [0.25, 0.3) is 22.3 Å². The molecule has 0 aliphatic rings.